The van der Waals surface area contributed by atoms with Gasteiger partial charge in [0.2, 0.25) is 17.8 Å². The molecule has 1 saturated heterocycles. The first kappa shape index (κ1) is 21.2. The van der Waals surface area contributed by atoms with Crippen LogP contribution < -0.4 is 10.6 Å². The van der Waals surface area contributed by atoms with Crippen LogP contribution in [0, 0.1) is 6.92 Å². The Kier molecular flexibility index (Phi) is 5.36. The Labute approximate surface area is 191 Å². The lowest BCUT2D eigenvalue weighted by Crippen LogP contribution is -2.52. The van der Waals surface area contributed by atoms with Crippen molar-refractivity contribution in [3.05, 3.63) is 58.1 Å². The quantitative estimate of drug-likeness (QED) is 0.505. The van der Waals surface area contributed by atoms with Crippen LogP contribution in [0.5, 0.6) is 0 Å². The fraction of sp³-hybridized carbons (Fsp3) is 0.360. The Balaban J connectivity index is 1.29. The first-order valence-corrected chi connectivity index (χ1v) is 11.4. The van der Waals surface area contributed by atoms with Gasteiger partial charge < -0.3 is 15.2 Å². The molecule has 3 amide bonds. The van der Waals surface area contributed by atoms with Crippen LogP contribution in [0.25, 0.3) is 11.0 Å². The molecular formula is C25H27N5O3. The molecule has 2 aromatic carbocycles. The van der Waals surface area contributed by atoms with E-state index >= 15 is 0 Å². The minimum absolute atomic E-state index is 0.158. The summed E-state index contributed by atoms with van der Waals surface area (Å²) in [7, 11) is 0. The number of piperidine rings is 1. The van der Waals surface area contributed by atoms with Crippen LogP contribution in [-0.4, -0.2) is 38.6 Å². The molecule has 170 valence electrons. The maximum absolute atomic E-state index is 12.8. The molecular weight excluding hydrogens is 418 g/mol. The highest BCUT2D eigenvalue weighted by molar-refractivity contribution is 6.05. The van der Waals surface area contributed by atoms with Crippen molar-refractivity contribution in [3.8, 4) is 0 Å². The van der Waals surface area contributed by atoms with Gasteiger partial charge in [0.05, 0.1) is 11.0 Å². The van der Waals surface area contributed by atoms with E-state index in [1.54, 1.807) is 4.90 Å². The number of fused-ring (bicyclic) bond motifs is 2. The second kappa shape index (κ2) is 8.35. The maximum Gasteiger partial charge on any atom is 0.255 e. The van der Waals surface area contributed by atoms with E-state index in [1.165, 1.54) is 11.1 Å². The van der Waals surface area contributed by atoms with Crippen LogP contribution in [0.3, 0.4) is 0 Å². The highest BCUT2D eigenvalue weighted by Crippen LogP contribution is 2.28. The van der Waals surface area contributed by atoms with E-state index in [0.29, 0.717) is 31.0 Å². The van der Waals surface area contributed by atoms with Crippen LogP contribution in [0.2, 0.25) is 0 Å². The Morgan fingerprint density at radius 3 is 2.82 bits per heavy atom. The molecule has 2 aliphatic rings. The van der Waals surface area contributed by atoms with Gasteiger partial charge in [-0.1, -0.05) is 25.5 Å². The summed E-state index contributed by atoms with van der Waals surface area (Å²) in [4.78, 5) is 46.1. The fourth-order valence-corrected chi connectivity index (χ4v) is 4.75. The molecule has 0 saturated carbocycles. The van der Waals surface area contributed by atoms with Crippen molar-refractivity contribution in [2.75, 3.05) is 5.32 Å². The molecule has 2 aliphatic heterocycles. The molecule has 0 radical (unpaired) electrons. The van der Waals surface area contributed by atoms with Gasteiger partial charge in [-0.05, 0) is 60.2 Å². The molecule has 8 nitrogen and oxygen atoms in total. The van der Waals surface area contributed by atoms with Crippen molar-refractivity contribution in [2.45, 2.75) is 58.7 Å². The van der Waals surface area contributed by atoms with E-state index in [9.17, 15) is 14.4 Å². The number of benzene rings is 2. The van der Waals surface area contributed by atoms with Crippen molar-refractivity contribution in [3.63, 3.8) is 0 Å². The number of nitrogens with one attached hydrogen (secondary N) is 3. The molecule has 0 aliphatic carbocycles. The zero-order chi connectivity index (χ0) is 23.1. The van der Waals surface area contributed by atoms with Crippen molar-refractivity contribution < 1.29 is 14.4 Å². The standard InChI is InChI=1S/C25H27N5O3/c1-3-4-16-11-20-19(9-14(16)2)27-25(28-20)26-12-15-5-6-18-17(10-15)13-30(24(18)33)21-7-8-22(31)29-23(21)32/h5-6,9-11,21H,3-4,7-8,12-13H2,1-2H3,(H2,26,27,28)(H,29,31,32). The SMILES string of the molecule is CCCc1cc2nc(NCc3ccc4c(c3)CN(C3CCC(=O)NC3=O)C4=O)[nH]c2cc1C. The molecule has 3 aromatic rings. The third-order valence-corrected chi connectivity index (χ3v) is 6.51. The van der Waals surface area contributed by atoms with E-state index in [1.807, 2.05) is 18.2 Å². The number of imidazole rings is 1. The molecule has 1 aromatic heterocycles. The van der Waals surface area contributed by atoms with E-state index in [0.717, 1.165) is 35.0 Å². The molecule has 3 N–H and O–H groups in total. The number of nitrogens with zero attached hydrogens (tertiary/aromatic N) is 2. The molecule has 8 heteroatoms. The number of hydrogen-bond donors (Lipinski definition) is 3. The van der Waals surface area contributed by atoms with Crippen LogP contribution in [-0.2, 0) is 29.1 Å². The maximum atomic E-state index is 12.8. The van der Waals surface area contributed by atoms with Gasteiger partial charge in [0.1, 0.15) is 6.04 Å². The number of anilines is 1. The summed E-state index contributed by atoms with van der Waals surface area (Å²) in [5, 5.41) is 5.68. The highest BCUT2D eigenvalue weighted by Gasteiger charge is 2.39. The predicted molar refractivity (Wildman–Crippen MR) is 125 cm³/mol. The zero-order valence-corrected chi connectivity index (χ0v) is 18.8. The summed E-state index contributed by atoms with van der Waals surface area (Å²) in [6.07, 6.45) is 2.76. The van der Waals surface area contributed by atoms with Crippen LogP contribution in [0.15, 0.2) is 30.3 Å². The molecule has 1 fully saturated rings. The van der Waals surface area contributed by atoms with Crippen molar-refractivity contribution in [1.82, 2.24) is 20.2 Å². The number of rotatable bonds is 6. The second-order valence-electron chi connectivity index (χ2n) is 8.88. The number of imide groups is 1. The Hall–Kier alpha value is -3.68. The largest absolute Gasteiger partial charge is 0.352 e. The average molecular weight is 446 g/mol. The van der Waals surface area contributed by atoms with Gasteiger partial charge in [-0.15, -0.1) is 0 Å². The fourth-order valence-electron chi connectivity index (χ4n) is 4.75. The number of aromatic nitrogens is 2. The van der Waals surface area contributed by atoms with Gasteiger partial charge in [0.25, 0.3) is 5.91 Å². The number of amides is 3. The topological polar surface area (TPSA) is 107 Å². The van der Waals surface area contributed by atoms with Gasteiger partial charge in [-0.25, -0.2) is 4.98 Å². The minimum Gasteiger partial charge on any atom is -0.352 e. The first-order valence-electron chi connectivity index (χ1n) is 11.4. The lowest BCUT2D eigenvalue weighted by Gasteiger charge is -2.29. The highest BCUT2D eigenvalue weighted by atomic mass is 16.2. The summed E-state index contributed by atoms with van der Waals surface area (Å²) in [5.41, 5.74) is 7.09. The normalized spacial score (nSPS) is 18.1. The minimum atomic E-state index is -0.597. The molecule has 1 atom stereocenters. The molecule has 1 unspecified atom stereocenters. The predicted octanol–water partition coefficient (Wildman–Crippen LogP) is 3.20. The number of hydrogen-bond acceptors (Lipinski definition) is 5. The number of aromatic amines is 1. The van der Waals surface area contributed by atoms with Crippen LogP contribution in [0.1, 0.15) is 58.8 Å². The second-order valence-corrected chi connectivity index (χ2v) is 8.88. The Bertz CT molecular complexity index is 1280. The summed E-state index contributed by atoms with van der Waals surface area (Å²) in [6.45, 7) is 5.23. The Morgan fingerprint density at radius 1 is 1.18 bits per heavy atom. The molecule has 5 rings (SSSR count). The number of aryl methyl sites for hydroxylation is 2. The van der Waals surface area contributed by atoms with E-state index < -0.39 is 11.9 Å². The van der Waals surface area contributed by atoms with Gasteiger partial charge in [0.15, 0.2) is 0 Å². The smallest absolute Gasteiger partial charge is 0.255 e. The van der Waals surface area contributed by atoms with Gasteiger partial charge in [-0.2, -0.15) is 0 Å². The summed E-state index contributed by atoms with van der Waals surface area (Å²) < 4.78 is 0. The van der Waals surface area contributed by atoms with Crippen LogP contribution in [0.4, 0.5) is 5.95 Å². The summed E-state index contributed by atoms with van der Waals surface area (Å²) in [6, 6.07) is 9.44. The summed E-state index contributed by atoms with van der Waals surface area (Å²) in [5.74, 6) is -0.123. The lowest BCUT2D eigenvalue weighted by molar-refractivity contribution is -0.136. The number of H-pyrrole nitrogens is 1. The molecule has 33 heavy (non-hydrogen) atoms. The van der Waals surface area contributed by atoms with E-state index in [4.69, 9.17) is 0 Å². The van der Waals surface area contributed by atoms with Gasteiger partial charge >= 0.3 is 0 Å². The average Bonchev–Trinajstić information content (AvgIpc) is 3.32. The summed E-state index contributed by atoms with van der Waals surface area (Å²) >= 11 is 0. The number of carbonyl (C=O) groups excluding carboxylic acids is 3. The zero-order valence-electron chi connectivity index (χ0n) is 18.8. The van der Waals surface area contributed by atoms with E-state index in [2.05, 4.69) is 46.6 Å². The molecule has 0 spiro atoms. The van der Waals surface area contributed by atoms with Crippen molar-refractivity contribution >= 4 is 34.7 Å². The molecule has 3 heterocycles. The van der Waals surface area contributed by atoms with Crippen molar-refractivity contribution in [2.24, 2.45) is 0 Å². The monoisotopic (exact) mass is 445 g/mol. The molecule has 0 bridgehead atoms. The van der Waals surface area contributed by atoms with Crippen LogP contribution >= 0.6 is 0 Å². The number of carbonyl (C=O) groups is 3. The third-order valence-electron chi connectivity index (χ3n) is 6.51. The van der Waals surface area contributed by atoms with E-state index in [-0.39, 0.29) is 18.2 Å². The third kappa shape index (κ3) is 3.97. The van der Waals surface area contributed by atoms with Gasteiger partial charge in [-0.3, -0.25) is 19.7 Å². The van der Waals surface area contributed by atoms with Crippen molar-refractivity contribution in [1.29, 1.82) is 0 Å². The lowest BCUT2D eigenvalue weighted by atomic mass is 10.0. The van der Waals surface area contributed by atoms with Gasteiger partial charge in [0, 0.05) is 25.1 Å². The Morgan fingerprint density at radius 2 is 2.03 bits per heavy atom. The first-order chi connectivity index (χ1) is 15.9.